The van der Waals surface area contributed by atoms with Gasteiger partial charge in [-0.3, -0.25) is 4.98 Å². The van der Waals surface area contributed by atoms with Crippen LogP contribution in [0.1, 0.15) is 12.8 Å². The molecule has 0 radical (unpaired) electrons. The molecule has 0 spiro atoms. The van der Waals surface area contributed by atoms with Gasteiger partial charge in [0.25, 0.3) is 0 Å². The molecule has 0 aliphatic carbocycles. The number of alkyl halides is 3. The molecule has 2 atom stereocenters. The summed E-state index contributed by atoms with van der Waals surface area (Å²) < 4.78 is 43.3. The largest absolute Gasteiger partial charge is 0.573 e. The summed E-state index contributed by atoms with van der Waals surface area (Å²) in [5, 5.41) is 9.49. The fraction of sp³-hybridized carbons (Fsp3) is 0.458. The molecule has 2 unspecified atom stereocenters. The van der Waals surface area contributed by atoms with Gasteiger partial charge in [0.15, 0.2) is 11.0 Å². The van der Waals surface area contributed by atoms with Gasteiger partial charge in [0.1, 0.15) is 11.4 Å². The van der Waals surface area contributed by atoms with E-state index >= 15 is 0 Å². The van der Waals surface area contributed by atoms with Crippen LogP contribution in [-0.2, 0) is 7.05 Å². The molecule has 2 aromatic heterocycles. The van der Waals surface area contributed by atoms with Gasteiger partial charge in [-0.25, -0.2) is 0 Å². The van der Waals surface area contributed by atoms with Crippen molar-refractivity contribution < 1.29 is 17.9 Å². The van der Waals surface area contributed by atoms with E-state index in [-0.39, 0.29) is 5.75 Å². The van der Waals surface area contributed by atoms with Crippen LogP contribution >= 0.6 is 11.8 Å². The average molecular weight is 505 g/mol. The van der Waals surface area contributed by atoms with Crippen molar-refractivity contribution in [2.45, 2.75) is 30.4 Å². The third-order valence-electron chi connectivity index (χ3n) is 6.60. The zero-order valence-corrected chi connectivity index (χ0v) is 20.2. The van der Waals surface area contributed by atoms with Gasteiger partial charge >= 0.3 is 6.36 Å². The van der Waals surface area contributed by atoms with Crippen LogP contribution in [0, 0.1) is 5.92 Å². The van der Waals surface area contributed by atoms with Gasteiger partial charge in [0.05, 0.1) is 0 Å². The van der Waals surface area contributed by atoms with E-state index in [0.717, 1.165) is 67.1 Å². The molecular weight excluding hydrogens is 477 g/mol. The number of fused-ring (bicyclic) bond motifs is 1. The summed E-state index contributed by atoms with van der Waals surface area (Å²) in [5.74, 6) is 2.12. The molecule has 5 rings (SSSR count). The molecule has 2 aliphatic heterocycles. The van der Waals surface area contributed by atoms with Gasteiger partial charge in [-0.1, -0.05) is 17.8 Å². The van der Waals surface area contributed by atoms with Gasteiger partial charge in [-0.05, 0) is 61.7 Å². The molecule has 11 heteroatoms. The number of ether oxygens (including phenoxy) is 1. The fourth-order valence-corrected chi connectivity index (χ4v) is 5.84. The van der Waals surface area contributed by atoms with Crippen molar-refractivity contribution in [2.24, 2.45) is 13.0 Å². The van der Waals surface area contributed by atoms with Crippen LogP contribution in [0.4, 0.5) is 18.9 Å². The molecule has 0 amide bonds. The fourth-order valence-electron chi connectivity index (χ4n) is 5.00. The standard InChI is InChI=1S/C24H27F3N6OS/c1-31-22(20-5-2-3-11-28-20)29-30-23(31)35-14-4-12-32-15-17-10-13-33(21(17)16-32)18-6-8-19(9-7-18)34-24(25,26)27/h2-3,5-9,11,17,21H,4,10,12-16H2,1H3. The van der Waals surface area contributed by atoms with E-state index < -0.39 is 6.36 Å². The maximum atomic E-state index is 12.4. The first kappa shape index (κ1) is 23.9. The Morgan fingerprint density at radius 1 is 1.09 bits per heavy atom. The van der Waals surface area contributed by atoms with Gasteiger partial charge < -0.3 is 19.1 Å². The first-order valence-electron chi connectivity index (χ1n) is 11.7. The molecule has 2 saturated heterocycles. The third kappa shape index (κ3) is 5.56. The molecule has 186 valence electrons. The van der Waals surface area contributed by atoms with Crippen molar-refractivity contribution in [3.05, 3.63) is 48.7 Å². The lowest BCUT2D eigenvalue weighted by Crippen LogP contribution is -2.35. The summed E-state index contributed by atoms with van der Waals surface area (Å²) in [6, 6.07) is 12.4. The number of hydrogen-bond acceptors (Lipinski definition) is 7. The van der Waals surface area contributed by atoms with E-state index in [4.69, 9.17) is 0 Å². The Morgan fingerprint density at radius 2 is 1.91 bits per heavy atom. The quantitative estimate of drug-likeness (QED) is 0.331. The zero-order valence-electron chi connectivity index (χ0n) is 19.4. The van der Waals surface area contributed by atoms with Gasteiger partial charge in [-0.15, -0.1) is 23.4 Å². The second-order valence-electron chi connectivity index (χ2n) is 8.89. The second-order valence-corrected chi connectivity index (χ2v) is 9.96. The monoisotopic (exact) mass is 504 g/mol. The molecule has 3 aromatic rings. The number of benzene rings is 1. The topological polar surface area (TPSA) is 59.3 Å². The third-order valence-corrected chi connectivity index (χ3v) is 7.71. The van der Waals surface area contributed by atoms with Gasteiger partial charge in [-0.2, -0.15) is 0 Å². The Morgan fingerprint density at radius 3 is 2.66 bits per heavy atom. The first-order valence-corrected chi connectivity index (χ1v) is 12.6. The Labute approximate surface area is 206 Å². The SMILES string of the molecule is Cn1c(SCCCN2CC3CCN(c4ccc(OC(F)(F)F)cc4)C3C2)nnc1-c1ccccn1. The molecule has 0 N–H and O–H groups in total. The van der Waals surface area contributed by atoms with Crippen LogP contribution in [0.25, 0.3) is 11.5 Å². The number of nitrogens with zero attached hydrogens (tertiary/aromatic N) is 6. The molecular formula is C24H27F3N6OS. The molecule has 1 aromatic carbocycles. The highest BCUT2D eigenvalue weighted by atomic mass is 32.2. The summed E-state index contributed by atoms with van der Waals surface area (Å²) >= 11 is 1.70. The van der Waals surface area contributed by atoms with Crippen molar-refractivity contribution in [1.82, 2.24) is 24.6 Å². The summed E-state index contributed by atoms with van der Waals surface area (Å²) in [5.41, 5.74) is 1.76. The minimum Gasteiger partial charge on any atom is -0.406 e. The second kappa shape index (κ2) is 10.1. The highest BCUT2D eigenvalue weighted by molar-refractivity contribution is 7.99. The van der Waals surface area contributed by atoms with Crippen molar-refractivity contribution in [1.29, 1.82) is 0 Å². The van der Waals surface area contributed by atoms with E-state index in [1.54, 1.807) is 30.1 Å². The number of halogens is 3. The summed E-state index contributed by atoms with van der Waals surface area (Å²) in [4.78, 5) is 9.18. The normalized spacial score (nSPS) is 20.4. The smallest absolute Gasteiger partial charge is 0.406 e. The zero-order chi connectivity index (χ0) is 24.4. The van der Waals surface area contributed by atoms with E-state index in [9.17, 15) is 13.2 Å². The minimum absolute atomic E-state index is 0.183. The predicted molar refractivity (Wildman–Crippen MR) is 128 cm³/mol. The predicted octanol–water partition coefficient (Wildman–Crippen LogP) is 4.47. The van der Waals surface area contributed by atoms with E-state index in [1.807, 2.05) is 29.8 Å². The number of pyridine rings is 1. The summed E-state index contributed by atoms with van der Waals surface area (Å²) in [6.07, 6.45) is -0.773. The Hall–Kier alpha value is -2.79. The number of hydrogen-bond donors (Lipinski definition) is 0. The molecule has 0 bridgehead atoms. The van der Waals surface area contributed by atoms with Crippen molar-refractivity contribution in [2.75, 3.05) is 36.8 Å². The van der Waals surface area contributed by atoms with Crippen LogP contribution in [0.15, 0.2) is 53.8 Å². The van der Waals surface area contributed by atoms with Crippen LogP contribution < -0.4 is 9.64 Å². The lowest BCUT2D eigenvalue weighted by molar-refractivity contribution is -0.274. The maximum Gasteiger partial charge on any atom is 0.573 e. The molecule has 7 nitrogen and oxygen atoms in total. The van der Waals surface area contributed by atoms with Crippen molar-refractivity contribution >= 4 is 17.4 Å². The summed E-state index contributed by atoms with van der Waals surface area (Å²) in [6.45, 7) is 3.99. The Kier molecular flexibility index (Phi) is 6.88. The number of aromatic nitrogens is 4. The molecule has 35 heavy (non-hydrogen) atoms. The van der Waals surface area contributed by atoms with Crippen LogP contribution in [0.5, 0.6) is 5.75 Å². The van der Waals surface area contributed by atoms with Crippen molar-refractivity contribution in [3.8, 4) is 17.3 Å². The Bertz CT molecular complexity index is 1120. The number of anilines is 1. The van der Waals surface area contributed by atoms with Crippen molar-refractivity contribution in [3.63, 3.8) is 0 Å². The lowest BCUT2D eigenvalue weighted by atomic mass is 10.1. The lowest BCUT2D eigenvalue weighted by Gasteiger charge is -2.27. The highest BCUT2D eigenvalue weighted by Crippen LogP contribution is 2.36. The molecule has 2 aliphatic rings. The molecule has 2 fully saturated rings. The maximum absolute atomic E-state index is 12.4. The van der Waals surface area contributed by atoms with Crippen LogP contribution in [0.3, 0.4) is 0 Å². The summed E-state index contributed by atoms with van der Waals surface area (Å²) in [7, 11) is 1.96. The van der Waals surface area contributed by atoms with E-state index in [0.29, 0.717) is 12.0 Å². The van der Waals surface area contributed by atoms with Crippen LogP contribution in [-0.4, -0.2) is 69.0 Å². The average Bonchev–Trinajstić information content (AvgIpc) is 3.51. The van der Waals surface area contributed by atoms with E-state index in [1.165, 1.54) is 12.1 Å². The number of rotatable bonds is 8. The van der Waals surface area contributed by atoms with E-state index in [2.05, 4.69) is 29.7 Å². The minimum atomic E-state index is -4.67. The van der Waals surface area contributed by atoms with Gasteiger partial charge in [0.2, 0.25) is 0 Å². The Balaban J connectivity index is 1.10. The number of likely N-dealkylation sites (tertiary alicyclic amines) is 1. The first-order chi connectivity index (χ1) is 16.9. The number of thioether (sulfide) groups is 1. The van der Waals surface area contributed by atoms with Crippen LogP contribution in [0.2, 0.25) is 0 Å². The highest BCUT2D eigenvalue weighted by Gasteiger charge is 2.41. The molecule has 4 heterocycles. The van der Waals surface area contributed by atoms with Gasteiger partial charge in [0, 0.05) is 50.4 Å². The molecule has 0 saturated carbocycles.